The van der Waals surface area contributed by atoms with Gasteiger partial charge in [-0.1, -0.05) is 111 Å². The molecule has 3 atom stereocenters. The van der Waals surface area contributed by atoms with Crippen molar-refractivity contribution < 1.29 is 14.0 Å². The molecule has 0 amide bonds. The highest BCUT2D eigenvalue weighted by Crippen LogP contribution is 2.64. The molecule has 1 aromatic rings. The lowest BCUT2D eigenvalue weighted by atomic mass is 9.47. The van der Waals surface area contributed by atoms with Crippen LogP contribution in [0.5, 0.6) is 5.75 Å². The summed E-state index contributed by atoms with van der Waals surface area (Å²) in [6.07, 6.45) is 7.08. The number of fused-ring (bicyclic) bond motifs is 1. The Morgan fingerprint density at radius 2 is 1.36 bits per heavy atom. The predicted octanol–water partition coefficient (Wildman–Crippen LogP) is 10.00. The number of hydrogen-bond donors (Lipinski definition) is 0. The SMILES string of the molecule is CC(C)(C)[Si](C)(C)O[C@]12CCCCCC[C@@]1(C)C[C@H]2C(=O)Oc1c(Cl)c(Cl)c(Cl)c(Cl)c1Cl. The number of halogens is 5. The molecule has 3 rings (SSSR count). The molecule has 0 N–H and O–H groups in total. The van der Waals surface area contributed by atoms with Gasteiger partial charge in [0.15, 0.2) is 14.1 Å². The molecule has 2 aliphatic rings. The Hall–Kier alpha value is 0.317. The van der Waals surface area contributed by atoms with Gasteiger partial charge >= 0.3 is 5.97 Å². The molecule has 2 aliphatic carbocycles. The molecule has 0 spiro atoms. The summed E-state index contributed by atoms with van der Waals surface area (Å²) < 4.78 is 13.0. The first-order valence-corrected chi connectivity index (χ1v) is 16.3. The van der Waals surface area contributed by atoms with Gasteiger partial charge in [-0.15, -0.1) is 0 Å². The summed E-state index contributed by atoms with van der Waals surface area (Å²) in [5.41, 5.74) is -0.665. The Bertz CT molecular complexity index is 916. The van der Waals surface area contributed by atoms with Crippen molar-refractivity contribution in [3.63, 3.8) is 0 Å². The first kappa shape index (κ1) is 27.9. The van der Waals surface area contributed by atoms with Gasteiger partial charge in [-0.05, 0) is 42.8 Å². The van der Waals surface area contributed by atoms with Gasteiger partial charge in [-0.3, -0.25) is 4.79 Å². The van der Waals surface area contributed by atoms with E-state index in [2.05, 4.69) is 40.8 Å². The zero-order valence-electron chi connectivity index (χ0n) is 20.1. The van der Waals surface area contributed by atoms with E-state index in [0.717, 1.165) is 32.1 Å². The van der Waals surface area contributed by atoms with Gasteiger partial charge in [0.2, 0.25) is 0 Å². The molecular formula is C24H33Cl5O3Si. The van der Waals surface area contributed by atoms with Crippen LogP contribution in [0.1, 0.15) is 72.6 Å². The highest BCUT2D eigenvalue weighted by molar-refractivity contribution is 6.74. The zero-order chi connectivity index (χ0) is 25.0. The number of carbonyl (C=O) groups excluding carboxylic acids is 1. The van der Waals surface area contributed by atoms with Crippen molar-refractivity contribution in [3.05, 3.63) is 25.1 Å². The van der Waals surface area contributed by atoms with Crippen LogP contribution in [0.15, 0.2) is 0 Å². The van der Waals surface area contributed by atoms with E-state index in [0.29, 0.717) is 6.42 Å². The molecular weight excluding hydrogens is 542 g/mol. The molecule has 33 heavy (non-hydrogen) atoms. The van der Waals surface area contributed by atoms with Crippen molar-refractivity contribution in [2.45, 2.75) is 96.4 Å². The summed E-state index contributed by atoms with van der Waals surface area (Å²) in [4.78, 5) is 13.6. The van der Waals surface area contributed by atoms with Crippen LogP contribution in [0, 0.1) is 11.3 Å². The molecule has 0 radical (unpaired) electrons. The molecule has 9 heteroatoms. The number of benzene rings is 1. The van der Waals surface area contributed by atoms with Crippen molar-refractivity contribution in [3.8, 4) is 5.75 Å². The fraction of sp³-hybridized carbons (Fsp3) is 0.708. The van der Waals surface area contributed by atoms with E-state index in [-0.39, 0.29) is 41.3 Å². The highest BCUT2D eigenvalue weighted by Gasteiger charge is 2.68. The normalized spacial score (nSPS) is 28.4. The molecule has 0 saturated heterocycles. The first-order valence-electron chi connectivity index (χ1n) is 11.5. The molecule has 0 heterocycles. The third kappa shape index (κ3) is 4.84. The molecule has 1 aromatic carbocycles. The van der Waals surface area contributed by atoms with Crippen LogP contribution in [-0.2, 0) is 9.22 Å². The van der Waals surface area contributed by atoms with Crippen LogP contribution in [0.25, 0.3) is 0 Å². The van der Waals surface area contributed by atoms with Gasteiger partial charge in [0.05, 0.1) is 26.6 Å². The predicted molar refractivity (Wildman–Crippen MR) is 142 cm³/mol. The minimum absolute atomic E-state index is 0.00664. The number of carbonyl (C=O) groups is 1. The van der Waals surface area contributed by atoms with Gasteiger partial charge in [-0.25, -0.2) is 0 Å². The Balaban J connectivity index is 2.01. The van der Waals surface area contributed by atoms with E-state index < -0.39 is 25.8 Å². The fourth-order valence-electron chi connectivity index (χ4n) is 5.10. The largest absolute Gasteiger partial charge is 0.423 e. The van der Waals surface area contributed by atoms with Crippen LogP contribution in [0.3, 0.4) is 0 Å². The van der Waals surface area contributed by atoms with Crippen LogP contribution in [0.2, 0.25) is 43.2 Å². The number of ether oxygens (including phenoxy) is 1. The van der Waals surface area contributed by atoms with Crippen LogP contribution in [-0.4, -0.2) is 19.9 Å². The van der Waals surface area contributed by atoms with Crippen molar-refractivity contribution in [1.82, 2.24) is 0 Å². The summed E-state index contributed by atoms with van der Waals surface area (Å²) in [5.74, 6) is -0.884. The lowest BCUT2D eigenvalue weighted by Crippen LogP contribution is -2.70. The van der Waals surface area contributed by atoms with E-state index in [4.69, 9.17) is 67.2 Å². The van der Waals surface area contributed by atoms with Crippen molar-refractivity contribution in [1.29, 1.82) is 0 Å². The smallest absolute Gasteiger partial charge is 0.317 e. The molecule has 3 nitrogen and oxygen atoms in total. The van der Waals surface area contributed by atoms with Crippen LogP contribution >= 0.6 is 58.0 Å². The summed E-state index contributed by atoms with van der Waals surface area (Å²) in [6, 6.07) is 0. The molecule has 0 unspecified atom stereocenters. The summed E-state index contributed by atoms with van der Waals surface area (Å²) in [6.45, 7) is 13.4. The average Bonchev–Trinajstić information content (AvgIpc) is 2.72. The number of esters is 1. The van der Waals surface area contributed by atoms with Gasteiger partial charge in [-0.2, -0.15) is 0 Å². The summed E-state index contributed by atoms with van der Waals surface area (Å²) in [5, 5.41) is 0.00681. The minimum atomic E-state index is -2.19. The molecule has 2 fully saturated rings. The third-order valence-corrected chi connectivity index (χ3v) is 14.9. The van der Waals surface area contributed by atoms with Gasteiger partial charge in [0.1, 0.15) is 10.0 Å². The second-order valence-corrected chi connectivity index (χ2v) is 17.9. The lowest BCUT2D eigenvalue weighted by molar-refractivity contribution is -0.218. The maximum Gasteiger partial charge on any atom is 0.317 e. The molecule has 0 aromatic heterocycles. The average molecular weight is 575 g/mol. The lowest BCUT2D eigenvalue weighted by Gasteiger charge is -2.65. The highest BCUT2D eigenvalue weighted by atomic mass is 35.5. The second kappa shape index (κ2) is 9.65. The van der Waals surface area contributed by atoms with Crippen molar-refractivity contribution >= 4 is 72.3 Å². The summed E-state index contributed by atoms with van der Waals surface area (Å²) >= 11 is 31.1. The minimum Gasteiger partial charge on any atom is -0.423 e. The Morgan fingerprint density at radius 1 is 0.879 bits per heavy atom. The quantitative estimate of drug-likeness (QED) is 0.118. The monoisotopic (exact) mass is 572 g/mol. The first-order chi connectivity index (χ1) is 15.1. The topological polar surface area (TPSA) is 35.5 Å². The molecule has 0 aliphatic heterocycles. The Kier molecular flexibility index (Phi) is 8.16. The fourth-order valence-corrected chi connectivity index (χ4v) is 8.00. The van der Waals surface area contributed by atoms with E-state index in [1.54, 1.807) is 0 Å². The van der Waals surface area contributed by atoms with E-state index in [1.807, 2.05) is 0 Å². The number of rotatable bonds is 4. The maximum absolute atomic E-state index is 13.6. The van der Waals surface area contributed by atoms with E-state index in [1.165, 1.54) is 6.42 Å². The summed E-state index contributed by atoms with van der Waals surface area (Å²) in [7, 11) is -2.19. The second-order valence-electron chi connectivity index (χ2n) is 11.3. The zero-order valence-corrected chi connectivity index (χ0v) is 24.9. The van der Waals surface area contributed by atoms with Crippen molar-refractivity contribution in [2.75, 3.05) is 0 Å². The van der Waals surface area contributed by atoms with Gasteiger partial charge in [0.25, 0.3) is 0 Å². The van der Waals surface area contributed by atoms with Gasteiger partial charge in [0, 0.05) is 0 Å². The van der Waals surface area contributed by atoms with Crippen molar-refractivity contribution in [2.24, 2.45) is 11.3 Å². The third-order valence-electron chi connectivity index (χ3n) is 8.17. The Labute approximate surface area is 223 Å². The molecule has 2 saturated carbocycles. The van der Waals surface area contributed by atoms with E-state index in [9.17, 15) is 4.79 Å². The van der Waals surface area contributed by atoms with Gasteiger partial charge < -0.3 is 9.16 Å². The van der Waals surface area contributed by atoms with Crippen LogP contribution < -0.4 is 4.74 Å². The molecule has 186 valence electrons. The molecule has 0 bridgehead atoms. The number of hydrogen-bond acceptors (Lipinski definition) is 3. The Morgan fingerprint density at radius 3 is 1.88 bits per heavy atom. The maximum atomic E-state index is 13.6. The van der Waals surface area contributed by atoms with Crippen LogP contribution in [0.4, 0.5) is 0 Å². The van der Waals surface area contributed by atoms with E-state index >= 15 is 0 Å². The standard InChI is InChI=1S/C24H33Cl5O3Si/c1-22(2,3)33(5,6)32-24-12-10-8-7-9-11-23(24,4)13-14(24)21(30)31-20-18(28)16(26)15(25)17(27)19(20)29/h14H,7-13H2,1-6H3/t14-,23-,24-/m0/s1.